The second-order valence-electron chi connectivity index (χ2n) is 7.18. The van der Waals surface area contributed by atoms with Crippen molar-refractivity contribution in [2.45, 2.75) is 6.42 Å². The summed E-state index contributed by atoms with van der Waals surface area (Å²) in [4.78, 5) is 34.1. The summed E-state index contributed by atoms with van der Waals surface area (Å²) in [7, 11) is 3.11. The maximum atomic E-state index is 13.7. The second-order valence-corrected chi connectivity index (χ2v) is 7.58. The van der Waals surface area contributed by atoms with Crippen LogP contribution in [0.4, 0.5) is 38.0 Å². The molecule has 0 saturated heterocycles. The van der Waals surface area contributed by atoms with Crippen LogP contribution in [0.25, 0.3) is 0 Å². The van der Waals surface area contributed by atoms with Gasteiger partial charge in [-0.25, -0.2) is 14.2 Å². The lowest BCUT2D eigenvalue weighted by Crippen LogP contribution is -2.25. The van der Waals surface area contributed by atoms with Gasteiger partial charge < -0.3 is 20.7 Å². The Morgan fingerprint density at radius 3 is 2.82 bits per heavy atom. The van der Waals surface area contributed by atoms with Crippen molar-refractivity contribution in [3.8, 4) is 0 Å². The van der Waals surface area contributed by atoms with E-state index in [1.165, 1.54) is 30.3 Å². The molecule has 3 aromatic rings. The molecule has 0 unspecified atom stereocenters. The highest BCUT2D eigenvalue weighted by molar-refractivity contribution is 6.33. The van der Waals surface area contributed by atoms with Crippen molar-refractivity contribution in [3.05, 3.63) is 64.6 Å². The zero-order valence-corrected chi connectivity index (χ0v) is 18.5. The highest BCUT2D eigenvalue weighted by Gasteiger charge is 2.20. The fourth-order valence-corrected chi connectivity index (χ4v) is 3.49. The highest BCUT2D eigenvalue weighted by Crippen LogP contribution is 2.30. The number of fused-ring (bicyclic) bond motifs is 1. The first kappa shape index (κ1) is 22.3. The number of carbonyl (C=O) groups excluding carboxylic acids is 2. The van der Waals surface area contributed by atoms with Gasteiger partial charge in [-0.3, -0.25) is 9.69 Å². The first-order valence-electron chi connectivity index (χ1n) is 9.97. The van der Waals surface area contributed by atoms with E-state index in [9.17, 15) is 14.0 Å². The van der Waals surface area contributed by atoms with Gasteiger partial charge in [0.1, 0.15) is 10.8 Å². The number of halogens is 2. The zero-order valence-electron chi connectivity index (χ0n) is 17.8. The number of anilines is 5. The van der Waals surface area contributed by atoms with Gasteiger partial charge in [0.05, 0.1) is 29.7 Å². The summed E-state index contributed by atoms with van der Waals surface area (Å²) in [5, 5.41) is 8.76. The lowest BCUT2D eigenvalue weighted by molar-refractivity contribution is 0.0963. The van der Waals surface area contributed by atoms with Gasteiger partial charge in [0.2, 0.25) is 5.95 Å². The van der Waals surface area contributed by atoms with Crippen molar-refractivity contribution in [2.24, 2.45) is 0 Å². The lowest BCUT2D eigenvalue weighted by atomic mass is 10.1. The molecular formula is C22H20ClFN6O3. The van der Waals surface area contributed by atoms with Crippen LogP contribution in [0.2, 0.25) is 5.02 Å². The van der Waals surface area contributed by atoms with Gasteiger partial charge in [-0.05, 0) is 42.0 Å². The average Bonchev–Trinajstić information content (AvgIpc) is 2.94. The van der Waals surface area contributed by atoms with E-state index in [2.05, 4.69) is 25.9 Å². The van der Waals surface area contributed by atoms with E-state index in [0.717, 1.165) is 17.3 Å². The van der Waals surface area contributed by atoms with Gasteiger partial charge >= 0.3 is 6.09 Å². The normalized spacial score (nSPS) is 13.0. The van der Waals surface area contributed by atoms with E-state index in [0.29, 0.717) is 17.8 Å². The number of nitrogens with one attached hydrogen (secondary N) is 3. The maximum Gasteiger partial charge on any atom is 0.414 e. The third-order valence-electron chi connectivity index (χ3n) is 5.02. The molecule has 2 heterocycles. The summed E-state index contributed by atoms with van der Waals surface area (Å²) in [5.74, 6) is -0.520. The molecule has 1 aliphatic rings. The quantitative estimate of drug-likeness (QED) is 0.511. The molecule has 2 amide bonds. The van der Waals surface area contributed by atoms with Crippen molar-refractivity contribution in [3.63, 3.8) is 0 Å². The predicted octanol–water partition coefficient (Wildman–Crippen LogP) is 4.24. The molecule has 0 saturated carbocycles. The van der Waals surface area contributed by atoms with E-state index < -0.39 is 17.8 Å². The van der Waals surface area contributed by atoms with Gasteiger partial charge in [0.25, 0.3) is 5.91 Å². The molecule has 11 heteroatoms. The predicted molar refractivity (Wildman–Crippen MR) is 123 cm³/mol. The Labute approximate surface area is 193 Å². The number of aromatic nitrogens is 2. The van der Waals surface area contributed by atoms with Crippen molar-refractivity contribution in [2.75, 3.05) is 36.2 Å². The summed E-state index contributed by atoms with van der Waals surface area (Å²) in [5.41, 5.74) is 2.84. The van der Waals surface area contributed by atoms with Crippen molar-refractivity contribution in [1.29, 1.82) is 0 Å². The van der Waals surface area contributed by atoms with Crippen molar-refractivity contribution < 1.29 is 18.7 Å². The molecule has 4 rings (SSSR count). The Kier molecular flexibility index (Phi) is 6.27. The maximum absolute atomic E-state index is 13.7. The Morgan fingerprint density at radius 2 is 2.03 bits per heavy atom. The van der Waals surface area contributed by atoms with Crippen LogP contribution < -0.4 is 20.9 Å². The minimum atomic E-state index is -0.545. The van der Waals surface area contributed by atoms with E-state index in [1.807, 2.05) is 12.1 Å². The standard InChI is InChI=1S/C22H20ClFN6O3/c1-25-20(31)15-10-13(24)3-5-17(15)28-19-16(23)11-26-21(29-19)27-14-4-6-18-12(9-14)7-8-33-22(32)30(18)2/h3-6,9-11H,7-8H2,1-2H3,(H,25,31)(H2,26,27,28,29). The summed E-state index contributed by atoms with van der Waals surface area (Å²) < 4.78 is 18.8. The number of hydrogen-bond donors (Lipinski definition) is 3. The van der Waals surface area contributed by atoms with Gasteiger partial charge in [0, 0.05) is 26.2 Å². The number of amides is 2. The zero-order chi connectivity index (χ0) is 23.5. The number of carbonyl (C=O) groups is 2. The minimum absolute atomic E-state index is 0.105. The summed E-state index contributed by atoms with van der Waals surface area (Å²) >= 11 is 6.25. The molecule has 0 fully saturated rings. The fraction of sp³-hybridized carbons (Fsp3) is 0.182. The Hall–Kier alpha value is -3.92. The molecule has 1 aliphatic heterocycles. The molecule has 3 N–H and O–H groups in total. The smallest absolute Gasteiger partial charge is 0.414 e. The summed E-state index contributed by atoms with van der Waals surface area (Å²) in [6, 6.07) is 9.28. The number of nitrogens with zero attached hydrogens (tertiary/aromatic N) is 3. The SMILES string of the molecule is CNC(=O)c1cc(F)ccc1Nc1nc(Nc2ccc3c(c2)CCOC(=O)N3C)ncc1Cl. The van der Waals surface area contributed by atoms with Gasteiger partial charge in [0.15, 0.2) is 5.82 Å². The Balaban J connectivity index is 1.60. The third kappa shape index (κ3) is 4.80. The minimum Gasteiger partial charge on any atom is -0.449 e. The molecule has 33 heavy (non-hydrogen) atoms. The fourth-order valence-electron chi connectivity index (χ4n) is 3.35. The average molecular weight is 471 g/mol. The molecule has 0 aliphatic carbocycles. The number of benzene rings is 2. The summed E-state index contributed by atoms with van der Waals surface area (Å²) in [6.45, 7) is 0.288. The molecular weight excluding hydrogens is 451 g/mol. The Bertz CT molecular complexity index is 1240. The first-order valence-corrected chi connectivity index (χ1v) is 10.3. The van der Waals surface area contributed by atoms with E-state index in [1.54, 1.807) is 13.1 Å². The molecule has 170 valence electrons. The van der Waals surface area contributed by atoms with Crippen LogP contribution in [0.5, 0.6) is 0 Å². The van der Waals surface area contributed by atoms with Crippen LogP contribution in [-0.4, -0.2) is 42.7 Å². The molecule has 0 radical (unpaired) electrons. The largest absolute Gasteiger partial charge is 0.449 e. The first-order chi connectivity index (χ1) is 15.9. The highest BCUT2D eigenvalue weighted by atomic mass is 35.5. The van der Waals surface area contributed by atoms with Crippen LogP contribution in [-0.2, 0) is 11.2 Å². The van der Waals surface area contributed by atoms with Crippen LogP contribution in [0.3, 0.4) is 0 Å². The second kappa shape index (κ2) is 9.29. The summed E-state index contributed by atoms with van der Waals surface area (Å²) in [6.07, 6.45) is 1.58. The number of hydrogen-bond acceptors (Lipinski definition) is 7. The van der Waals surface area contributed by atoms with E-state index >= 15 is 0 Å². The van der Waals surface area contributed by atoms with Gasteiger partial charge in [-0.1, -0.05) is 11.6 Å². The third-order valence-corrected chi connectivity index (χ3v) is 5.29. The van der Waals surface area contributed by atoms with Crippen molar-refractivity contribution >= 4 is 52.4 Å². The molecule has 1 aromatic heterocycles. The van der Waals surface area contributed by atoms with Gasteiger partial charge in [-0.15, -0.1) is 0 Å². The van der Waals surface area contributed by atoms with Crippen LogP contribution in [0.1, 0.15) is 15.9 Å². The molecule has 2 aromatic carbocycles. The number of rotatable bonds is 5. The molecule has 0 spiro atoms. The molecule has 0 bridgehead atoms. The monoisotopic (exact) mass is 470 g/mol. The van der Waals surface area contributed by atoms with E-state index in [-0.39, 0.29) is 29.0 Å². The number of ether oxygens (including phenoxy) is 1. The van der Waals surface area contributed by atoms with E-state index in [4.69, 9.17) is 16.3 Å². The Morgan fingerprint density at radius 1 is 1.21 bits per heavy atom. The number of cyclic esters (lactones) is 1. The van der Waals surface area contributed by atoms with Crippen LogP contribution in [0.15, 0.2) is 42.6 Å². The molecule has 9 nitrogen and oxygen atoms in total. The topological polar surface area (TPSA) is 108 Å². The molecule has 0 atom stereocenters. The van der Waals surface area contributed by atoms with Gasteiger partial charge in [-0.2, -0.15) is 4.98 Å². The van der Waals surface area contributed by atoms with Crippen LogP contribution in [0, 0.1) is 5.82 Å². The lowest BCUT2D eigenvalue weighted by Gasteiger charge is -2.17. The van der Waals surface area contributed by atoms with Crippen molar-refractivity contribution in [1.82, 2.24) is 15.3 Å². The van der Waals surface area contributed by atoms with Crippen LogP contribution >= 0.6 is 11.6 Å².